The van der Waals surface area contributed by atoms with Crippen LogP contribution >= 0.6 is 11.8 Å². The van der Waals surface area contributed by atoms with Gasteiger partial charge in [-0.2, -0.15) is 0 Å². The van der Waals surface area contributed by atoms with Gasteiger partial charge in [0.15, 0.2) is 0 Å². The molecule has 18 heavy (non-hydrogen) atoms. The van der Waals surface area contributed by atoms with Crippen LogP contribution in [0.1, 0.15) is 17.2 Å². The second kappa shape index (κ2) is 6.03. The third-order valence-corrected chi connectivity index (χ3v) is 3.84. The lowest BCUT2D eigenvalue weighted by molar-refractivity contribution is 0.626. The minimum absolute atomic E-state index is 0.0000435. The van der Waals surface area contributed by atoms with Crippen LogP contribution in [0, 0.1) is 12.7 Å². The first-order valence-electron chi connectivity index (χ1n) is 5.85. The third-order valence-electron chi connectivity index (χ3n) is 2.71. The number of halogens is 1. The van der Waals surface area contributed by atoms with Crippen molar-refractivity contribution in [1.29, 1.82) is 0 Å². The van der Waals surface area contributed by atoms with Crippen LogP contribution in [0.5, 0.6) is 0 Å². The first kappa shape index (κ1) is 13.1. The summed E-state index contributed by atoms with van der Waals surface area (Å²) in [6, 6.07) is 14.7. The molecule has 1 nitrogen and oxygen atoms in total. The van der Waals surface area contributed by atoms with Gasteiger partial charge in [0.25, 0.3) is 0 Å². The number of aryl methyl sites for hydroxylation is 1. The lowest BCUT2D eigenvalue weighted by atomic mass is 10.1. The maximum Gasteiger partial charge on any atom is 0.123 e. The van der Waals surface area contributed by atoms with E-state index < -0.39 is 0 Å². The Morgan fingerprint density at radius 2 is 1.89 bits per heavy atom. The summed E-state index contributed by atoms with van der Waals surface area (Å²) >= 11 is 1.65. The number of benzene rings is 2. The van der Waals surface area contributed by atoms with Gasteiger partial charge in [0.05, 0.1) is 0 Å². The number of thioether (sulfide) groups is 1. The van der Waals surface area contributed by atoms with Gasteiger partial charge in [-0.3, -0.25) is 0 Å². The lowest BCUT2D eigenvalue weighted by Gasteiger charge is -2.12. The fraction of sp³-hybridized carbons (Fsp3) is 0.200. The van der Waals surface area contributed by atoms with Crippen LogP contribution < -0.4 is 5.73 Å². The fourth-order valence-electron chi connectivity index (χ4n) is 1.71. The molecule has 0 aliphatic carbocycles. The van der Waals surface area contributed by atoms with Crippen LogP contribution in [0.15, 0.2) is 53.4 Å². The van der Waals surface area contributed by atoms with Crippen molar-refractivity contribution < 1.29 is 4.39 Å². The Morgan fingerprint density at radius 3 is 2.56 bits per heavy atom. The minimum atomic E-state index is -0.206. The number of hydrogen-bond acceptors (Lipinski definition) is 2. The Morgan fingerprint density at radius 1 is 1.17 bits per heavy atom. The Kier molecular flexibility index (Phi) is 4.39. The molecule has 0 amide bonds. The summed E-state index contributed by atoms with van der Waals surface area (Å²) in [5.74, 6) is 0.581. The fourth-order valence-corrected chi connectivity index (χ4v) is 2.61. The van der Waals surface area contributed by atoms with E-state index in [0.29, 0.717) is 0 Å². The highest BCUT2D eigenvalue weighted by atomic mass is 32.2. The van der Waals surface area contributed by atoms with E-state index in [1.54, 1.807) is 23.9 Å². The Hall–Kier alpha value is -1.32. The molecule has 3 heteroatoms. The Bertz CT molecular complexity index is 510. The minimum Gasteiger partial charge on any atom is -0.323 e. The summed E-state index contributed by atoms with van der Waals surface area (Å²) in [4.78, 5) is 1.04. The zero-order chi connectivity index (χ0) is 13.0. The van der Waals surface area contributed by atoms with Crippen LogP contribution in [-0.2, 0) is 0 Å². The average Bonchev–Trinajstić information content (AvgIpc) is 2.38. The van der Waals surface area contributed by atoms with E-state index in [2.05, 4.69) is 19.1 Å². The summed E-state index contributed by atoms with van der Waals surface area (Å²) in [5, 5.41) is 0. The predicted octanol–water partition coefficient (Wildman–Crippen LogP) is 3.93. The molecule has 0 aromatic heterocycles. The predicted molar refractivity (Wildman–Crippen MR) is 75.2 cm³/mol. The summed E-state index contributed by atoms with van der Waals surface area (Å²) in [6.45, 7) is 2.06. The van der Waals surface area contributed by atoms with Crippen LogP contribution in [-0.4, -0.2) is 5.75 Å². The molecule has 0 saturated carbocycles. The van der Waals surface area contributed by atoms with E-state index in [4.69, 9.17) is 5.73 Å². The summed E-state index contributed by atoms with van der Waals surface area (Å²) < 4.78 is 12.8. The second-order valence-corrected chi connectivity index (χ2v) is 5.38. The number of hydrogen-bond donors (Lipinski definition) is 1. The standard InChI is InChI=1S/C15H16FNS/c1-11-3-2-4-12(9-11)15(17)10-18-14-7-5-13(16)6-8-14/h2-9,15H,10,17H2,1H3. The Labute approximate surface area is 111 Å². The molecule has 0 aliphatic rings. The highest BCUT2D eigenvalue weighted by molar-refractivity contribution is 7.99. The molecule has 2 rings (SSSR count). The van der Waals surface area contributed by atoms with Crippen LogP contribution in [0.2, 0.25) is 0 Å². The molecule has 2 aromatic carbocycles. The lowest BCUT2D eigenvalue weighted by Crippen LogP contribution is -2.12. The molecular weight excluding hydrogens is 245 g/mol. The van der Waals surface area contributed by atoms with Gasteiger partial charge in [0.1, 0.15) is 5.82 Å². The van der Waals surface area contributed by atoms with Gasteiger partial charge in [-0.15, -0.1) is 11.8 Å². The van der Waals surface area contributed by atoms with Crippen molar-refractivity contribution in [3.05, 3.63) is 65.5 Å². The molecule has 2 aromatic rings. The van der Waals surface area contributed by atoms with Gasteiger partial charge in [-0.05, 0) is 36.8 Å². The smallest absolute Gasteiger partial charge is 0.123 e. The molecule has 0 saturated heterocycles. The molecule has 1 unspecified atom stereocenters. The van der Waals surface area contributed by atoms with Crippen molar-refractivity contribution in [2.24, 2.45) is 5.73 Å². The van der Waals surface area contributed by atoms with Crippen LogP contribution in [0.25, 0.3) is 0 Å². The normalized spacial score (nSPS) is 12.4. The highest BCUT2D eigenvalue weighted by Gasteiger charge is 2.06. The largest absolute Gasteiger partial charge is 0.323 e. The first-order chi connectivity index (χ1) is 8.65. The molecule has 1 atom stereocenters. The summed E-state index contributed by atoms with van der Waals surface area (Å²) in [6.07, 6.45) is 0. The van der Waals surface area contributed by atoms with Gasteiger partial charge in [-0.25, -0.2) is 4.39 Å². The molecular formula is C15H16FNS. The zero-order valence-corrected chi connectivity index (χ0v) is 11.1. The molecule has 2 N–H and O–H groups in total. The Balaban J connectivity index is 1.96. The topological polar surface area (TPSA) is 26.0 Å². The molecule has 0 aliphatic heterocycles. The van der Waals surface area contributed by atoms with Gasteiger partial charge in [0.2, 0.25) is 0 Å². The SMILES string of the molecule is Cc1cccc(C(N)CSc2ccc(F)cc2)c1. The zero-order valence-electron chi connectivity index (χ0n) is 10.3. The van der Waals surface area contributed by atoms with E-state index >= 15 is 0 Å². The molecule has 0 fully saturated rings. The van der Waals surface area contributed by atoms with Crippen LogP contribution in [0.3, 0.4) is 0 Å². The maximum absolute atomic E-state index is 12.8. The second-order valence-electron chi connectivity index (χ2n) is 4.29. The van der Waals surface area contributed by atoms with E-state index in [9.17, 15) is 4.39 Å². The summed E-state index contributed by atoms with van der Waals surface area (Å²) in [7, 11) is 0. The van der Waals surface area contributed by atoms with Crippen molar-refractivity contribution >= 4 is 11.8 Å². The molecule has 0 radical (unpaired) electrons. The van der Waals surface area contributed by atoms with Crippen molar-refractivity contribution in [3.8, 4) is 0 Å². The summed E-state index contributed by atoms with van der Waals surface area (Å²) in [5.41, 5.74) is 8.51. The van der Waals surface area contributed by atoms with Gasteiger partial charge in [0, 0.05) is 16.7 Å². The van der Waals surface area contributed by atoms with Crippen molar-refractivity contribution in [2.75, 3.05) is 5.75 Å². The van der Waals surface area contributed by atoms with Gasteiger partial charge < -0.3 is 5.73 Å². The van der Waals surface area contributed by atoms with Crippen molar-refractivity contribution in [2.45, 2.75) is 17.9 Å². The molecule has 0 spiro atoms. The van der Waals surface area contributed by atoms with E-state index in [0.717, 1.165) is 16.2 Å². The third kappa shape index (κ3) is 3.59. The maximum atomic E-state index is 12.8. The van der Waals surface area contributed by atoms with E-state index in [1.807, 2.05) is 12.1 Å². The quantitative estimate of drug-likeness (QED) is 0.844. The molecule has 0 bridgehead atoms. The van der Waals surface area contributed by atoms with Gasteiger partial charge >= 0.3 is 0 Å². The van der Waals surface area contributed by atoms with Crippen molar-refractivity contribution in [3.63, 3.8) is 0 Å². The number of rotatable bonds is 4. The first-order valence-corrected chi connectivity index (χ1v) is 6.84. The average molecular weight is 261 g/mol. The van der Waals surface area contributed by atoms with E-state index in [1.165, 1.54) is 17.7 Å². The number of nitrogens with two attached hydrogens (primary N) is 1. The van der Waals surface area contributed by atoms with E-state index in [-0.39, 0.29) is 11.9 Å². The molecule has 94 valence electrons. The van der Waals surface area contributed by atoms with Gasteiger partial charge in [-0.1, -0.05) is 29.8 Å². The monoisotopic (exact) mass is 261 g/mol. The molecule has 0 heterocycles. The van der Waals surface area contributed by atoms with Crippen LogP contribution in [0.4, 0.5) is 4.39 Å². The van der Waals surface area contributed by atoms with Crippen molar-refractivity contribution in [1.82, 2.24) is 0 Å². The highest BCUT2D eigenvalue weighted by Crippen LogP contribution is 2.23.